The number of benzene rings is 1. The van der Waals surface area contributed by atoms with Gasteiger partial charge in [-0.05, 0) is 12.1 Å². The highest BCUT2D eigenvalue weighted by Crippen LogP contribution is 2.10. The monoisotopic (exact) mass is 160 g/mol. The molecule has 0 aliphatic carbocycles. The lowest BCUT2D eigenvalue weighted by molar-refractivity contribution is 0.478. The van der Waals surface area contributed by atoms with Crippen LogP contribution < -0.4 is 0 Å². The van der Waals surface area contributed by atoms with E-state index in [1.807, 2.05) is 24.3 Å². The lowest BCUT2D eigenvalue weighted by atomic mass is 10.3. The molecule has 0 fully saturated rings. The van der Waals surface area contributed by atoms with Crippen LogP contribution in [-0.2, 0) is 0 Å². The maximum absolute atomic E-state index is 8.50. The van der Waals surface area contributed by atoms with Gasteiger partial charge in [-0.3, -0.25) is 0 Å². The van der Waals surface area contributed by atoms with E-state index in [1.165, 1.54) is 6.08 Å². The van der Waals surface area contributed by atoms with E-state index >= 15 is 0 Å². The Morgan fingerprint density at radius 3 is 2.92 bits per heavy atom. The molecule has 60 valence electrons. The van der Waals surface area contributed by atoms with Crippen molar-refractivity contribution in [1.29, 1.82) is 0 Å². The number of para-hydroxylation sites is 2. The zero-order valence-corrected chi connectivity index (χ0v) is 6.36. The molecule has 0 saturated heterocycles. The number of nitrogens with zero attached hydrogens (tertiary/aromatic N) is 1. The standard InChI is InChI=1S/C9H8N2O/c12-6-5-9-10-7-3-1-2-4-8(7)11-9/h1-6,12H,(H,10,11)/b6-5+. The molecule has 2 N–H and O–H groups in total. The maximum atomic E-state index is 8.50. The molecule has 0 aliphatic rings. The normalized spacial score (nSPS) is 11.3. The Morgan fingerprint density at radius 2 is 2.17 bits per heavy atom. The van der Waals surface area contributed by atoms with Gasteiger partial charge in [0, 0.05) is 6.08 Å². The molecule has 0 unspecified atom stereocenters. The third kappa shape index (κ3) is 1.05. The van der Waals surface area contributed by atoms with Crippen LogP contribution in [0, 0.1) is 0 Å². The first-order chi connectivity index (χ1) is 5.90. The molecule has 0 spiro atoms. The van der Waals surface area contributed by atoms with Crippen LogP contribution in [0.15, 0.2) is 30.5 Å². The molecule has 2 rings (SSSR count). The zero-order valence-electron chi connectivity index (χ0n) is 6.36. The average Bonchev–Trinajstić information content (AvgIpc) is 2.47. The molecule has 1 aromatic heterocycles. The number of aliphatic hydroxyl groups excluding tert-OH is 1. The van der Waals surface area contributed by atoms with E-state index in [4.69, 9.17) is 5.11 Å². The summed E-state index contributed by atoms with van der Waals surface area (Å²) in [6.07, 6.45) is 2.48. The summed E-state index contributed by atoms with van der Waals surface area (Å²) in [5.74, 6) is 0.665. The second kappa shape index (κ2) is 2.70. The second-order valence-corrected chi connectivity index (χ2v) is 2.45. The smallest absolute Gasteiger partial charge is 0.134 e. The zero-order chi connectivity index (χ0) is 8.39. The quantitative estimate of drug-likeness (QED) is 0.627. The predicted molar refractivity (Wildman–Crippen MR) is 47.8 cm³/mol. The van der Waals surface area contributed by atoms with Crippen LogP contribution in [0.4, 0.5) is 0 Å². The van der Waals surface area contributed by atoms with E-state index in [9.17, 15) is 0 Å². The van der Waals surface area contributed by atoms with Crippen LogP contribution in [-0.4, -0.2) is 15.1 Å². The van der Waals surface area contributed by atoms with Crippen molar-refractivity contribution in [2.24, 2.45) is 0 Å². The van der Waals surface area contributed by atoms with Gasteiger partial charge in [0.05, 0.1) is 17.3 Å². The van der Waals surface area contributed by atoms with Gasteiger partial charge < -0.3 is 10.1 Å². The van der Waals surface area contributed by atoms with E-state index in [1.54, 1.807) is 0 Å². The molecular weight excluding hydrogens is 152 g/mol. The average molecular weight is 160 g/mol. The Hall–Kier alpha value is -1.77. The van der Waals surface area contributed by atoms with Crippen LogP contribution in [0.3, 0.4) is 0 Å². The second-order valence-electron chi connectivity index (χ2n) is 2.45. The Morgan fingerprint density at radius 1 is 1.33 bits per heavy atom. The molecule has 1 heterocycles. The first-order valence-corrected chi connectivity index (χ1v) is 3.65. The van der Waals surface area contributed by atoms with Crippen LogP contribution in [0.25, 0.3) is 17.1 Å². The van der Waals surface area contributed by atoms with Crippen molar-refractivity contribution in [2.45, 2.75) is 0 Å². The van der Waals surface area contributed by atoms with Gasteiger partial charge in [-0.1, -0.05) is 12.1 Å². The topological polar surface area (TPSA) is 48.9 Å². The molecule has 1 aromatic carbocycles. The molecule has 3 nitrogen and oxygen atoms in total. The fraction of sp³-hybridized carbons (Fsp3) is 0. The molecule has 12 heavy (non-hydrogen) atoms. The Kier molecular flexibility index (Phi) is 1.55. The minimum absolute atomic E-state index is 0.665. The van der Waals surface area contributed by atoms with Gasteiger partial charge in [0.25, 0.3) is 0 Å². The van der Waals surface area contributed by atoms with E-state index in [0.29, 0.717) is 5.82 Å². The van der Waals surface area contributed by atoms with Crippen molar-refractivity contribution in [2.75, 3.05) is 0 Å². The van der Waals surface area contributed by atoms with Crippen LogP contribution >= 0.6 is 0 Å². The minimum atomic E-state index is 0.665. The van der Waals surface area contributed by atoms with Crippen molar-refractivity contribution in [3.8, 4) is 0 Å². The molecule has 3 heteroatoms. The van der Waals surface area contributed by atoms with Crippen LogP contribution in [0.5, 0.6) is 0 Å². The Balaban J connectivity index is 2.62. The van der Waals surface area contributed by atoms with E-state index < -0.39 is 0 Å². The lowest BCUT2D eigenvalue weighted by Gasteiger charge is -1.81. The number of rotatable bonds is 1. The highest BCUT2D eigenvalue weighted by molar-refractivity contribution is 5.76. The highest BCUT2D eigenvalue weighted by Gasteiger charge is 1.96. The summed E-state index contributed by atoms with van der Waals surface area (Å²) in [7, 11) is 0. The number of imidazole rings is 1. The van der Waals surface area contributed by atoms with Gasteiger partial charge in [0.2, 0.25) is 0 Å². The highest BCUT2D eigenvalue weighted by atomic mass is 16.2. The summed E-state index contributed by atoms with van der Waals surface area (Å²) in [5, 5.41) is 8.50. The summed E-state index contributed by atoms with van der Waals surface area (Å²) >= 11 is 0. The van der Waals surface area contributed by atoms with E-state index in [0.717, 1.165) is 17.3 Å². The van der Waals surface area contributed by atoms with Crippen LogP contribution in [0.2, 0.25) is 0 Å². The lowest BCUT2D eigenvalue weighted by Crippen LogP contribution is -1.71. The fourth-order valence-electron chi connectivity index (χ4n) is 1.12. The van der Waals surface area contributed by atoms with E-state index in [2.05, 4.69) is 9.97 Å². The predicted octanol–water partition coefficient (Wildman–Crippen LogP) is 2.09. The summed E-state index contributed by atoms with van der Waals surface area (Å²) in [6, 6.07) is 7.72. The molecular formula is C9H8N2O. The molecule has 2 aromatic rings. The number of aliphatic hydroxyl groups is 1. The number of hydrogen-bond donors (Lipinski definition) is 2. The van der Waals surface area contributed by atoms with Crippen molar-refractivity contribution in [3.63, 3.8) is 0 Å². The fourth-order valence-corrected chi connectivity index (χ4v) is 1.12. The Labute approximate surface area is 69.4 Å². The summed E-state index contributed by atoms with van der Waals surface area (Å²) < 4.78 is 0. The van der Waals surface area contributed by atoms with Gasteiger partial charge in [-0.25, -0.2) is 4.98 Å². The number of fused-ring (bicyclic) bond motifs is 1. The van der Waals surface area contributed by atoms with E-state index in [-0.39, 0.29) is 0 Å². The van der Waals surface area contributed by atoms with Gasteiger partial charge in [-0.15, -0.1) is 0 Å². The molecule has 0 atom stereocenters. The summed E-state index contributed by atoms with van der Waals surface area (Å²) in [4.78, 5) is 7.24. The van der Waals surface area contributed by atoms with Gasteiger partial charge in [-0.2, -0.15) is 0 Å². The summed E-state index contributed by atoms with van der Waals surface area (Å²) in [5.41, 5.74) is 1.89. The van der Waals surface area contributed by atoms with Gasteiger partial charge in [0.15, 0.2) is 0 Å². The number of aromatic nitrogens is 2. The third-order valence-electron chi connectivity index (χ3n) is 1.64. The largest absolute Gasteiger partial charge is 0.515 e. The molecule has 0 amide bonds. The number of hydrogen-bond acceptors (Lipinski definition) is 2. The first kappa shape index (κ1) is 6.91. The number of nitrogens with one attached hydrogen (secondary N) is 1. The van der Waals surface area contributed by atoms with Gasteiger partial charge in [0.1, 0.15) is 5.82 Å². The molecule has 0 bridgehead atoms. The first-order valence-electron chi connectivity index (χ1n) is 3.65. The third-order valence-corrected chi connectivity index (χ3v) is 1.64. The SMILES string of the molecule is O/C=C/c1nc2ccccc2[nH]1. The minimum Gasteiger partial charge on any atom is -0.515 e. The van der Waals surface area contributed by atoms with Gasteiger partial charge >= 0.3 is 0 Å². The summed E-state index contributed by atoms with van der Waals surface area (Å²) in [6.45, 7) is 0. The number of H-pyrrole nitrogens is 1. The Bertz CT molecular complexity index is 384. The molecule has 0 aliphatic heterocycles. The van der Waals surface area contributed by atoms with Crippen molar-refractivity contribution in [3.05, 3.63) is 36.4 Å². The van der Waals surface area contributed by atoms with Crippen molar-refractivity contribution in [1.82, 2.24) is 9.97 Å². The maximum Gasteiger partial charge on any atom is 0.134 e. The molecule has 0 saturated carbocycles. The number of aromatic amines is 1. The molecule has 0 radical (unpaired) electrons. The van der Waals surface area contributed by atoms with Crippen molar-refractivity contribution < 1.29 is 5.11 Å². The van der Waals surface area contributed by atoms with Crippen molar-refractivity contribution >= 4 is 17.1 Å². The van der Waals surface area contributed by atoms with Crippen LogP contribution in [0.1, 0.15) is 5.82 Å².